The lowest BCUT2D eigenvalue weighted by molar-refractivity contribution is -0.0522. The van der Waals surface area contributed by atoms with Crippen LogP contribution in [0.25, 0.3) is 0 Å². The zero-order valence-electron chi connectivity index (χ0n) is 10.4. The lowest BCUT2D eigenvalue weighted by Crippen LogP contribution is -2.45. The number of rotatable bonds is 2. The second-order valence-electron chi connectivity index (χ2n) is 5.24. The number of ether oxygens (including phenoxy) is 1. The molecule has 1 aromatic rings. The standard InChI is InChI=1S/C13H18FNO2/c1-12(2)6-8-4-5-9(14)11(17-3)10(8)13(12,16)7-15/h4-5,16H,6-7,15H2,1-3H3. The van der Waals surface area contributed by atoms with Gasteiger partial charge in [-0.15, -0.1) is 0 Å². The second-order valence-corrected chi connectivity index (χ2v) is 5.24. The molecule has 0 radical (unpaired) electrons. The van der Waals surface area contributed by atoms with E-state index in [0.29, 0.717) is 12.0 Å². The number of halogens is 1. The van der Waals surface area contributed by atoms with Crippen molar-refractivity contribution in [2.75, 3.05) is 13.7 Å². The SMILES string of the molecule is COc1c(F)ccc2c1C(O)(CN)C(C)(C)C2. The number of benzene rings is 1. The molecule has 4 heteroatoms. The Morgan fingerprint density at radius 2 is 2.12 bits per heavy atom. The van der Waals surface area contributed by atoms with E-state index in [1.165, 1.54) is 13.2 Å². The first-order valence-electron chi connectivity index (χ1n) is 5.65. The highest BCUT2D eigenvalue weighted by atomic mass is 19.1. The van der Waals surface area contributed by atoms with E-state index in [0.717, 1.165) is 5.56 Å². The fraction of sp³-hybridized carbons (Fsp3) is 0.538. The van der Waals surface area contributed by atoms with Gasteiger partial charge in [0.05, 0.1) is 7.11 Å². The number of aliphatic hydroxyl groups is 1. The Labute approximate surface area is 100 Å². The van der Waals surface area contributed by atoms with Crippen molar-refractivity contribution in [2.45, 2.75) is 25.9 Å². The van der Waals surface area contributed by atoms with Crippen molar-refractivity contribution in [3.05, 3.63) is 29.1 Å². The Balaban J connectivity index is 2.72. The van der Waals surface area contributed by atoms with Crippen molar-refractivity contribution < 1.29 is 14.2 Å². The van der Waals surface area contributed by atoms with E-state index < -0.39 is 16.8 Å². The van der Waals surface area contributed by atoms with Crippen LogP contribution < -0.4 is 10.5 Å². The van der Waals surface area contributed by atoms with Crippen LogP contribution in [0.5, 0.6) is 5.75 Å². The minimum Gasteiger partial charge on any atom is -0.493 e. The van der Waals surface area contributed by atoms with E-state index >= 15 is 0 Å². The maximum atomic E-state index is 13.7. The summed E-state index contributed by atoms with van der Waals surface area (Å²) in [7, 11) is 1.40. The predicted molar refractivity (Wildman–Crippen MR) is 63.4 cm³/mol. The topological polar surface area (TPSA) is 55.5 Å². The zero-order valence-corrected chi connectivity index (χ0v) is 10.4. The van der Waals surface area contributed by atoms with Gasteiger partial charge in [0.2, 0.25) is 0 Å². The molecule has 17 heavy (non-hydrogen) atoms. The van der Waals surface area contributed by atoms with E-state index in [1.807, 2.05) is 13.8 Å². The fourth-order valence-corrected chi connectivity index (χ4v) is 2.74. The van der Waals surface area contributed by atoms with Gasteiger partial charge in [-0.25, -0.2) is 4.39 Å². The van der Waals surface area contributed by atoms with E-state index in [1.54, 1.807) is 6.07 Å². The molecular formula is C13H18FNO2. The Morgan fingerprint density at radius 3 is 2.65 bits per heavy atom. The fourth-order valence-electron chi connectivity index (χ4n) is 2.74. The summed E-state index contributed by atoms with van der Waals surface area (Å²) in [6.45, 7) is 3.90. The third-order valence-corrected chi connectivity index (χ3v) is 3.86. The van der Waals surface area contributed by atoms with Gasteiger partial charge in [-0.05, 0) is 18.1 Å². The van der Waals surface area contributed by atoms with Gasteiger partial charge in [0, 0.05) is 17.5 Å². The smallest absolute Gasteiger partial charge is 0.165 e. The lowest BCUT2D eigenvalue weighted by Gasteiger charge is -2.36. The summed E-state index contributed by atoms with van der Waals surface area (Å²) >= 11 is 0. The summed E-state index contributed by atoms with van der Waals surface area (Å²) in [5.74, 6) is -0.350. The Bertz CT molecular complexity index is 459. The molecule has 94 valence electrons. The maximum absolute atomic E-state index is 13.7. The van der Waals surface area contributed by atoms with Gasteiger partial charge in [0.1, 0.15) is 5.60 Å². The van der Waals surface area contributed by atoms with Crippen LogP contribution in [0.2, 0.25) is 0 Å². The van der Waals surface area contributed by atoms with E-state index in [2.05, 4.69) is 0 Å². The summed E-state index contributed by atoms with van der Waals surface area (Å²) in [4.78, 5) is 0. The Kier molecular flexibility index (Phi) is 2.67. The number of methoxy groups -OCH3 is 1. The molecule has 2 rings (SSSR count). The summed E-state index contributed by atoms with van der Waals surface area (Å²) < 4.78 is 18.8. The molecule has 1 atom stereocenters. The van der Waals surface area contributed by atoms with Gasteiger partial charge < -0.3 is 15.6 Å². The third-order valence-electron chi connectivity index (χ3n) is 3.86. The highest BCUT2D eigenvalue weighted by molar-refractivity contribution is 5.51. The molecule has 0 bridgehead atoms. The van der Waals surface area contributed by atoms with Crippen LogP contribution in [-0.4, -0.2) is 18.8 Å². The van der Waals surface area contributed by atoms with E-state index in [-0.39, 0.29) is 12.3 Å². The van der Waals surface area contributed by atoms with E-state index in [9.17, 15) is 9.50 Å². The van der Waals surface area contributed by atoms with Crippen molar-refractivity contribution in [2.24, 2.45) is 11.1 Å². The first kappa shape index (κ1) is 12.3. The Morgan fingerprint density at radius 1 is 1.47 bits per heavy atom. The van der Waals surface area contributed by atoms with Crippen molar-refractivity contribution >= 4 is 0 Å². The quantitative estimate of drug-likeness (QED) is 0.823. The highest BCUT2D eigenvalue weighted by Crippen LogP contribution is 2.53. The molecule has 1 aromatic carbocycles. The van der Waals surface area contributed by atoms with Crippen LogP contribution in [0, 0.1) is 11.2 Å². The van der Waals surface area contributed by atoms with Gasteiger partial charge in [-0.3, -0.25) is 0 Å². The molecular weight excluding hydrogens is 221 g/mol. The summed E-state index contributed by atoms with van der Waals surface area (Å²) in [5, 5.41) is 10.7. The van der Waals surface area contributed by atoms with Gasteiger partial charge in [0.25, 0.3) is 0 Å². The van der Waals surface area contributed by atoms with Gasteiger partial charge in [0.15, 0.2) is 11.6 Å². The molecule has 0 saturated carbocycles. The molecule has 0 amide bonds. The first-order valence-corrected chi connectivity index (χ1v) is 5.65. The van der Waals surface area contributed by atoms with Gasteiger partial charge in [-0.2, -0.15) is 0 Å². The van der Waals surface area contributed by atoms with Crippen LogP contribution in [0.3, 0.4) is 0 Å². The predicted octanol–water partition coefficient (Wildman–Crippen LogP) is 1.56. The summed E-state index contributed by atoms with van der Waals surface area (Å²) in [5.41, 5.74) is 5.45. The molecule has 0 aromatic heterocycles. The average molecular weight is 239 g/mol. The first-order chi connectivity index (χ1) is 7.87. The number of fused-ring (bicyclic) bond motifs is 1. The molecule has 0 spiro atoms. The number of hydrogen-bond donors (Lipinski definition) is 2. The minimum absolute atomic E-state index is 0.0484. The van der Waals surface area contributed by atoms with Gasteiger partial charge >= 0.3 is 0 Å². The summed E-state index contributed by atoms with van der Waals surface area (Å²) in [6, 6.07) is 3.07. The van der Waals surface area contributed by atoms with Crippen molar-refractivity contribution in [1.82, 2.24) is 0 Å². The second kappa shape index (κ2) is 3.68. The van der Waals surface area contributed by atoms with Crippen LogP contribution in [0.15, 0.2) is 12.1 Å². The van der Waals surface area contributed by atoms with Crippen LogP contribution >= 0.6 is 0 Å². The van der Waals surface area contributed by atoms with E-state index in [4.69, 9.17) is 10.5 Å². The zero-order chi connectivity index (χ0) is 12.8. The monoisotopic (exact) mass is 239 g/mol. The molecule has 1 aliphatic rings. The largest absolute Gasteiger partial charge is 0.493 e. The molecule has 0 heterocycles. The number of nitrogens with two attached hydrogens (primary N) is 1. The minimum atomic E-state index is -1.24. The van der Waals surface area contributed by atoms with Crippen LogP contribution in [0.1, 0.15) is 25.0 Å². The maximum Gasteiger partial charge on any atom is 0.165 e. The average Bonchev–Trinajstić information content (AvgIpc) is 2.48. The van der Waals surface area contributed by atoms with Crippen LogP contribution in [-0.2, 0) is 12.0 Å². The third kappa shape index (κ3) is 1.47. The van der Waals surface area contributed by atoms with Crippen LogP contribution in [0.4, 0.5) is 4.39 Å². The number of hydrogen-bond acceptors (Lipinski definition) is 3. The Hall–Kier alpha value is -1.13. The van der Waals surface area contributed by atoms with Crippen molar-refractivity contribution in [3.63, 3.8) is 0 Å². The normalized spacial score (nSPS) is 25.8. The molecule has 3 nitrogen and oxygen atoms in total. The molecule has 1 unspecified atom stereocenters. The molecule has 0 aliphatic heterocycles. The van der Waals surface area contributed by atoms with Gasteiger partial charge in [-0.1, -0.05) is 19.9 Å². The van der Waals surface area contributed by atoms with Crippen molar-refractivity contribution in [3.8, 4) is 5.75 Å². The van der Waals surface area contributed by atoms with Crippen molar-refractivity contribution in [1.29, 1.82) is 0 Å². The lowest BCUT2D eigenvalue weighted by atomic mass is 9.75. The molecule has 0 fully saturated rings. The molecule has 3 N–H and O–H groups in total. The summed E-state index contributed by atoms with van der Waals surface area (Å²) in [6.07, 6.45) is 0.659. The highest BCUT2D eigenvalue weighted by Gasteiger charge is 2.52. The molecule has 1 aliphatic carbocycles. The molecule has 0 saturated heterocycles.